The Morgan fingerprint density at radius 1 is 1.24 bits per heavy atom. The van der Waals surface area contributed by atoms with Crippen LogP contribution in [0.15, 0.2) is 6.33 Å². The van der Waals surface area contributed by atoms with Gasteiger partial charge in [-0.3, -0.25) is 9.69 Å². The average molecular weight is 468 g/mol. The summed E-state index contributed by atoms with van der Waals surface area (Å²) in [4.78, 5) is 28.3. The highest BCUT2D eigenvalue weighted by Crippen LogP contribution is 2.47. The van der Waals surface area contributed by atoms with Gasteiger partial charge in [0.05, 0.1) is 18.0 Å². The number of fused-ring (bicyclic) bond motifs is 3. The van der Waals surface area contributed by atoms with Crippen LogP contribution in [0, 0.1) is 11.3 Å². The first-order valence-electron chi connectivity index (χ1n) is 12.4. The van der Waals surface area contributed by atoms with Gasteiger partial charge in [0.15, 0.2) is 0 Å². The molecule has 1 atom stereocenters. The molecule has 0 aromatic carbocycles. The van der Waals surface area contributed by atoms with Crippen LogP contribution in [0.4, 0.5) is 0 Å². The van der Waals surface area contributed by atoms with Crippen molar-refractivity contribution in [3.05, 3.63) is 16.8 Å². The molecule has 0 radical (unpaired) electrons. The molecule has 33 heavy (non-hydrogen) atoms. The van der Waals surface area contributed by atoms with Gasteiger partial charge in [0, 0.05) is 30.4 Å². The molecule has 8 heteroatoms. The van der Waals surface area contributed by atoms with Crippen LogP contribution >= 0.6 is 11.3 Å². The lowest BCUT2D eigenvalue weighted by atomic mass is 9.92. The topological polar surface area (TPSA) is 82.3 Å². The maximum Gasteiger partial charge on any atom is 0.236 e. The SMILES string of the molecule is CN(CC(=O)N1CCCC1)[C@H]1CC[C@H](Oc2ncnc3sc4c(c23)[C@@H](CCC#N)CC4)CC1. The summed E-state index contributed by atoms with van der Waals surface area (Å²) in [5, 5.41) is 10.1. The molecule has 2 aromatic heterocycles. The predicted octanol–water partition coefficient (Wildman–Crippen LogP) is 4.27. The summed E-state index contributed by atoms with van der Waals surface area (Å²) in [5.41, 5.74) is 1.34. The van der Waals surface area contributed by atoms with E-state index in [0.29, 0.717) is 24.9 Å². The van der Waals surface area contributed by atoms with E-state index in [-0.39, 0.29) is 12.0 Å². The van der Waals surface area contributed by atoms with Crippen molar-refractivity contribution in [3.63, 3.8) is 0 Å². The highest BCUT2D eigenvalue weighted by Gasteiger charge is 2.32. The monoisotopic (exact) mass is 467 g/mol. The molecule has 176 valence electrons. The molecule has 0 N–H and O–H groups in total. The van der Waals surface area contributed by atoms with Gasteiger partial charge in [-0.25, -0.2) is 9.97 Å². The molecule has 2 fully saturated rings. The average Bonchev–Trinajstić information content (AvgIpc) is 3.56. The Balaban J connectivity index is 1.22. The van der Waals surface area contributed by atoms with Crippen LogP contribution in [0.25, 0.3) is 10.2 Å². The van der Waals surface area contributed by atoms with Crippen LogP contribution in [0.3, 0.4) is 0 Å². The normalized spacial score (nSPS) is 24.9. The molecule has 5 rings (SSSR count). The smallest absolute Gasteiger partial charge is 0.236 e. The number of thiophene rings is 1. The molecule has 0 bridgehead atoms. The number of aryl methyl sites for hydroxylation is 1. The number of nitrogens with zero attached hydrogens (tertiary/aromatic N) is 5. The van der Waals surface area contributed by atoms with E-state index in [4.69, 9.17) is 10.00 Å². The minimum Gasteiger partial charge on any atom is -0.474 e. The summed E-state index contributed by atoms with van der Waals surface area (Å²) in [5.74, 6) is 1.41. The zero-order chi connectivity index (χ0) is 22.8. The van der Waals surface area contributed by atoms with Crippen LogP contribution in [0.2, 0.25) is 0 Å². The Morgan fingerprint density at radius 3 is 2.79 bits per heavy atom. The van der Waals surface area contributed by atoms with Crippen LogP contribution in [-0.4, -0.2) is 64.5 Å². The van der Waals surface area contributed by atoms with Gasteiger partial charge in [0.2, 0.25) is 11.8 Å². The predicted molar refractivity (Wildman–Crippen MR) is 128 cm³/mol. The Kier molecular flexibility index (Phi) is 6.79. The van der Waals surface area contributed by atoms with Crippen LogP contribution < -0.4 is 4.74 Å². The van der Waals surface area contributed by atoms with Crippen LogP contribution in [0.5, 0.6) is 5.88 Å². The molecule has 0 unspecified atom stereocenters. The third-order valence-electron chi connectivity index (χ3n) is 7.69. The summed E-state index contributed by atoms with van der Waals surface area (Å²) in [6.07, 6.45) is 11.7. The van der Waals surface area contributed by atoms with Crippen molar-refractivity contribution in [2.75, 3.05) is 26.7 Å². The number of aromatic nitrogens is 2. The molecule has 1 saturated carbocycles. The van der Waals surface area contributed by atoms with E-state index in [9.17, 15) is 4.79 Å². The maximum atomic E-state index is 12.5. The fourth-order valence-electron chi connectivity index (χ4n) is 5.83. The molecule has 2 aromatic rings. The summed E-state index contributed by atoms with van der Waals surface area (Å²) >= 11 is 1.76. The second kappa shape index (κ2) is 9.94. The third-order valence-corrected chi connectivity index (χ3v) is 8.86. The van der Waals surface area contributed by atoms with Crippen LogP contribution in [0.1, 0.15) is 74.1 Å². The molecule has 3 aliphatic rings. The molecule has 7 nitrogen and oxygen atoms in total. The Morgan fingerprint density at radius 2 is 2.03 bits per heavy atom. The number of likely N-dealkylation sites (tertiary alicyclic amines) is 1. The first-order valence-corrected chi connectivity index (χ1v) is 13.2. The van der Waals surface area contributed by atoms with E-state index < -0.39 is 0 Å². The van der Waals surface area contributed by atoms with Crippen molar-refractivity contribution in [2.45, 2.75) is 82.3 Å². The number of ether oxygens (including phenoxy) is 1. The van der Waals surface area contributed by atoms with Gasteiger partial charge in [-0.1, -0.05) is 0 Å². The van der Waals surface area contributed by atoms with Gasteiger partial charge in [-0.05, 0) is 76.3 Å². The van der Waals surface area contributed by atoms with E-state index in [1.807, 2.05) is 4.90 Å². The number of amides is 1. The number of carbonyl (C=O) groups excluding carboxylic acids is 1. The number of likely N-dealkylation sites (N-methyl/N-ethyl adjacent to an activating group) is 1. The molecular formula is C25H33N5O2S. The van der Waals surface area contributed by atoms with Crippen molar-refractivity contribution in [1.82, 2.24) is 19.8 Å². The largest absolute Gasteiger partial charge is 0.474 e. The highest BCUT2D eigenvalue weighted by molar-refractivity contribution is 7.19. The van der Waals surface area contributed by atoms with E-state index in [1.54, 1.807) is 17.7 Å². The van der Waals surface area contributed by atoms with Crippen molar-refractivity contribution < 1.29 is 9.53 Å². The fourth-order valence-corrected chi connectivity index (χ4v) is 7.06. The van der Waals surface area contributed by atoms with Crippen molar-refractivity contribution >= 4 is 27.5 Å². The van der Waals surface area contributed by atoms with Gasteiger partial charge < -0.3 is 9.64 Å². The van der Waals surface area contributed by atoms with Crippen molar-refractivity contribution in [3.8, 4) is 11.9 Å². The number of hydrogen-bond donors (Lipinski definition) is 0. The quantitative estimate of drug-likeness (QED) is 0.605. The summed E-state index contributed by atoms with van der Waals surface area (Å²) in [6, 6.07) is 2.73. The van der Waals surface area contributed by atoms with Gasteiger partial charge in [-0.15, -0.1) is 11.3 Å². The zero-order valence-electron chi connectivity index (χ0n) is 19.5. The molecule has 3 heterocycles. The van der Waals surface area contributed by atoms with Gasteiger partial charge in [0.1, 0.15) is 17.3 Å². The maximum absolute atomic E-state index is 12.5. The van der Waals surface area contributed by atoms with Gasteiger partial charge in [-0.2, -0.15) is 5.26 Å². The van der Waals surface area contributed by atoms with E-state index in [2.05, 4.69) is 28.0 Å². The van der Waals surface area contributed by atoms with Gasteiger partial charge in [0.25, 0.3) is 0 Å². The lowest BCUT2D eigenvalue weighted by Gasteiger charge is -2.35. The second-order valence-electron chi connectivity index (χ2n) is 9.78. The summed E-state index contributed by atoms with van der Waals surface area (Å²) in [7, 11) is 2.09. The van der Waals surface area contributed by atoms with E-state index in [1.165, 1.54) is 10.4 Å². The lowest BCUT2D eigenvalue weighted by molar-refractivity contribution is -0.131. The minimum absolute atomic E-state index is 0.150. The molecule has 1 amide bonds. The Bertz CT molecular complexity index is 1030. The Hall–Kier alpha value is -2.24. The van der Waals surface area contributed by atoms with E-state index >= 15 is 0 Å². The Labute approximate surface area is 199 Å². The standard InChI is InChI=1S/C25H33N5O2S/c1-29(15-21(31)30-13-2-3-14-30)18-7-9-19(10-8-18)32-24-23-22-17(5-4-12-26)6-11-20(22)33-25(23)28-16-27-24/h16-19H,2-11,13-15H2,1H3/t17-,18-,19-/m0/s1. The number of rotatable bonds is 7. The first kappa shape index (κ1) is 22.5. The van der Waals surface area contributed by atoms with Gasteiger partial charge >= 0.3 is 0 Å². The fraction of sp³-hybridized carbons (Fsp3) is 0.680. The van der Waals surface area contributed by atoms with Crippen molar-refractivity contribution in [1.29, 1.82) is 5.26 Å². The molecule has 1 aliphatic heterocycles. The van der Waals surface area contributed by atoms with Crippen LogP contribution in [-0.2, 0) is 11.2 Å². The summed E-state index contributed by atoms with van der Waals surface area (Å²) in [6.45, 7) is 2.36. The van der Waals surface area contributed by atoms with Crippen molar-refractivity contribution in [2.24, 2.45) is 0 Å². The minimum atomic E-state index is 0.150. The molecule has 1 saturated heterocycles. The molecule has 2 aliphatic carbocycles. The second-order valence-corrected chi connectivity index (χ2v) is 10.9. The zero-order valence-corrected chi connectivity index (χ0v) is 20.3. The third kappa shape index (κ3) is 4.71. The highest BCUT2D eigenvalue weighted by atomic mass is 32.1. The number of carbonyl (C=O) groups is 1. The molecular weight excluding hydrogens is 434 g/mol. The number of nitriles is 1. The molecule has 0 spiro atoms. The summed E-state index contributed by atoms with van der Waals surface area (Å²) < 4.78 is 6.49. The lowest BCUT2D eigenvalue weighted by Crippen LogP contribution is -2.44. The first-order chi connectivity index (χ1) is 16.1. The van der Waals surface area contributed by atoms with E-state index in [0.717, 1.165) is 87.0 Å². The number of hydrogen-bond acceptors (Lipinski definition) is 7.